The first-order chi connectivity index (χ1) is 15.0. The molecule has 1 saturated heterocycles. The van der Waals surface area contributed by atoms with E-state index >= 15 is 0 Å². The molecule has 1 fully saturated rings. The van der Waals surface area contributed by atoms with Crippen LogP contribution in [0.15, 0.2) is 47.4 Å². The average molecular weight is 474 g/mol. The highest BCUT2D eigenvalue weighted by atomic mass is 32.2. The maximum absolute atomic E-state index is 14.3. The normalized spacial score (nSPS) is 15.0. The zero-order chi connectivity index (χ0) is 23.3. The minimum absolute atomic E-state index is 0.142. The minimum atomic E-state index is -5.41. The van der Waals surface area contributed by atoms with Gasteiger partial charge in [-0.3, -0.25) is 4.90 Å². The Labute approximate surface area is 178 Å². The lowest BCUT2D eigenvalue weighted by Crippen LogP contribution is -2.36. The van der Waals surface area contributed by atoms with Gasteiger partial charge in [-0.05, 0) is 49.3 Å². The van der Waals surface area contributed by atoms with E-state index in [1.165, 1.54) is 12.1 Å². The van der Waals surface area contributed by atoms with Gasteiger partial charge < -0.3 is 4.74 Å². The fourth-order valence-corrected chi connectivity index (χ4v) is 4.93. The second kappa shape index (κ2) is 7.85. The molecule has 0 unspecified atom stereocenters. The number of fused-ring (bicyclic) bond motifs is 1. The molecule has 4 rings (SSSR count). The first kappa shape index (κ1) is 22.2. The van der Waals surface area contributed by atoms with E-state index < -0.39 is 44.6 Å². The van der Waals surface area contributed by atoms with Gasteiger partial charge in [0, 0.05) is 18.0 Å². The van der Waals surface area contributed by atoms with E-state index in [2.05, 4.69) is 4.74 Å². The van der Waals surface area contributed by atoms with Gasteiger partial charge in [0.2, 0.25) is 5.88 Å². The van der Waals surface area contributed by atoms with Gasteiger partial charge in [0.05, 0.1) is 5.52 Å². The molecule has 0 amide bonds. The number of likely N-dealkylation sites (tertiary alicyclic amines) is 1. The number of esters is 1. The predicted octanol–water partition coefficient (Wildman–Crippen LogP) is 3.83. The summed E-state index contributed by atoms with van der Waals surface area (Å²) in [6.07, 6.45) is -4.44. The van der Waals surface area contributed by atoms with E-state index in [0.717, 1.165) is 25.6 Å². The van der Waals surface area contributed by atoms with Gasteiger partial charge in [0.15, 0.2) is 0 Å². The third-order valence-corrected chi connectivity index (χ3v) is 6.77. The summed E-state index contributed by atoms with van der Waals surface area (Å²) in [4.78, 5) is 12.4. The van der Waals surface area contributed by atoms with Gasteiger partial charge in [0.1, 0.15) is 16.5 Å². The van der Waals surface area contributed by atoms with Gasteiger partial charge in [-0.15, -0.1) is 0 Å². The Kier molecular flexibility index (Phi) is 5.45. The Morgan fingerprint density at radius 1 is 1.06 bits per heavy atom. The van der Waals surface area contributed by atoms with Crippen molar-refractivity contribution in [2.45, 2.75) is 24.0 Å². The van der Waals surface area contributed by atoms with Crippen molar-refractivity contribution in [1.29, 1.82) is 0 Å². The smallest absolute Gasteiger partial charge is 0.402 e. The van der Waals surface area contributed by atoms with Crippen molar-refractivity contribution in [2.24, 2.45) is 0 Å². The summed E-state index contributed by atoms with van der Waals surface area (Å²) >= 11 is 0. The van der Waals surface area contributed by atoms with E-state index in [4.69, 9.17) is 0 Å². The molecule has 32 heavy (non-hydrogen) atoms. The van der Waals surface area contributed by atoms with Gasteiger partial charge in [-0.2, -0.15) is 13.2 Å². The van der Waals surface area contributed by atoms with E-state index in [1.54, 1.807) is 6.07 Å². The highest BCUT2D eigenvalue weighted by molar-refractivity contribution is 7.90. The van der Waals surface area contributed by atoms with Crippen LogP contribution in [0.1, 0.15) is 12.0 Å². The maximum atomic E-state index is 14.3. The number of nitrogens with zero attached hydrogens (tertiary/aromatic N) is 2. The average Bonchev–Trinajstić information content (AvgIpc) is 3.05. The van der Waals surface area contributed by atoms with Crippen LogP contribution in [0, 0.1) is 11.6 Å². The largest absolute Gasteiger partial charge is 0.491 e. The summed E-state index contributed by atoms with van der Waals surface area (Å²) in [6.45, 7) is 1.96. The van der Waals surface area contributed by atoms with Crippen molar-refractivity contribution in [1.82, 2.24) is 8.87 Å². The summed E-state index contributed by atoms with van der Waals surface area (Å²) in [5.74, 6) is -6.03. The van der Waals surface area contributed by atoms with Crippen molar-refractivity contribution in [3.63, 3.8) is 0 Å². The van der Waals surface area contributed by atoms with Crippen LogP contribution >= 0.6 is 0 Å². The molecule has 12 heteroatoms. The highest BCUT2D eigenvalue weighted by Gasteiger charge is 2.43. The Morgan fingerprint density at radius 2 is 1.78 bits per heavy atom. The number of ether oxygens (including phenoxy) is 1. The quantitative estimate of drug-likeness (QED) is 0.416. The molecule has 0 radical (unpaired) electrons. The van der Waals surface area contributed by atoms with E-state index in [1.807, 2.05) is 4.90 Å². The second-order valence-corrected chi connectivity index (χ2v) is 8.95. The maximum Gasteiger partial charge on any atom is 0.491 e. The number of carbonyl (C=O) groups excluding carboxylic acids is 1. The van der Waals surface area contributed by atoms with Crippen LogP contribution in [-0.2, 0) is 21.4 Å². The van der Waals surface area contributed by atoms with Crippen LogP contribution in [0.25, 0.3) is 10.9 Å². The summed E-state index contributed by atoms with van der Waals surface area (Å²) < 4.78 is 97.5. The summed E-state index contributed by atoms with van der Waals surface area (Å²) in [6, 6.07) is 7.03. The molecular weight excluding hydrogens is 459 g/mol. The number of hydrogen-bond donors (Lipinski definition) is 0. The van der Waals surface area contributed by atoms with Gasteiger partial charge in [-0.1, -0.05) is 12.1 Å². The number of halogens is 5. The molecule has 0 atom stereocenters. The van der Waals surface area contributed by atoms with Crippen molar-refractivity contribution in [2.75, 3.05) is 13.1 Å². The molecule has 0 saturated carbocycles. The Hall–Kier alpha value is -2.99. The van der Waals surface area contributed by atoms with Crippen LogP contribution in [-0.4, -0.2) is 42.5 Å². The fraction of sp³-hybridized carbons (Fsp3) is 0.250. The fourth-order valence-electron chi connectivity index (χ4n) is 3.41. The van der Waals surface area contributed by atoms with E-state index in [0.29, 0.717) is 30.3 Å². The molecule has 1 aliphatic heterocycles. The molecule has 3 aromatic rings. The first-order valence-corrected chi connectivity index (χ1v) is 10.8. The summed E-state index contributed by atoms with van der Waals surface area (Å²) in [5.41, 5.74) is 0.428. The number of hydrogen-bond acceptors (Lipinski definition) is 5. The van der Waals surface area contributed by atoms with Crippen LogP contribution in [0.5, 0.6) is 5.88 Å². The summed E-state index contributed by atoms with van der Waals surface area (Å²) in [7, 11) is -4.99. The van der Waals surface area contributed by atoms with Gasteiger partial charge in [0.25, 0.3) is 10.0 Å². The number of aromatic nitrogens is 1. The molecule has 0 spiro atoms. The number of benzene rings is 2. The molecule has 1 aliphatic rings. The molecule has 170 valence electrons. The van der Waals surface area contributed by atoms with Gasteiger partial charge in [-0.25, -0.2) is 26.0 Å². The lowest BCUT2D eigenvalue weighted by molar-refractivity contribution is -0.190. The van der Waals surface area contributed by atoms with Crippen molar-refractivity contribution < 1.29 is 39.9 Å². The lowest BCUT2D eigenvalue weighted by Gasteiger charge is -2.30. The van der Waals surface area contributed by atoms with Crippen LogP contribution in [0.3, 0.4) is 0 Å². The molecule has 2 heterocycles. The third kappa shape index (κ3) is 3.95. The number of rotatable bonds is 5. The Morgan fingerprint density at radius 3 is 2.41 bits per heavy atom. The molecule has 0 N–H and O–H groups in total. The molecule has 6 nitrogen and oxygen atoms in total. The number of carbonyl (C=O) groups is 1. The minimum Gasteiger partial charge on any atom is -0.402 e. The van der Waals surface area contributed by atoms with Crippen molar-refractivity contribution >= 4 is 26.9 Å². The molecule has 2 aromatic carbocycles. The monoisotopic (exact) mass is 474 g/mol. The zero-order valence-electron chi connectivity index (χ0n) is 16.2. The topological polar surface area (TPSA) is 68.6 Å². The Bertz CT molecular complexity index is 1310. The Balaban J connectivity index is 1.94. The van der Waals surface area contributed by atoms with E-state index in [9.17, 15) is 35.2 Å². The van der Waals surface area contributed by atoms with E-state index in [-0.39, 0.29) is 14.9 Å². The molecule has 1 aromatic heterocycles. The zero-order valence-corrected chi connectivity index (χ0v) is 17.0. The third-order valence-electron chi connectivity index (χ3n) is 5.04. The molecule has 0 aliphatic carbocycles. The second-order valence-electron chi connectivity index (χ2n) is 7.19. The molecule has 0 bridgehead atoms. The molecular formula is C20H15F5N2O4S. The highest BCUT2D eigenvalue weighted by Crippen LogP contribution is 2.35. The first-order valence-electron chi connectivity index (χ1n) is 9.34. The predicted molar refractivity (Wildman–Crippen MR) is 102 cm³/mol. The standard InChI is InChI=1S/C20H15F5N2O4S/c21-13-5-6-15(22)17(9-13)32(29,30)27-16-4-1-3-12(11-26-7-2-8-26)14(16)10-18(27)31-19(28)20(23,24)25/h1,3-6,9-10H,2,7-8,11H2. The summed E-state index contributed by atoms with van der Waals surface area (Å²) in [5, 5.41) is 0.199. The van der Waals surface area contributed by atoms with Crippen LogP contribution in [0.4, 0.5) is 22.0 Å². The van der Waals surface area contributed by atoms with Crippen molar-refractivity contribution in [3.8, 4) is 5.88 Å². The van der Waals surface area contributed by atoms with Crippen molar-refractivity contribution in [3.05, 3.63) is 59.7 Å². The van der Waals surface area contributed by atoms with Gasteiger partial charge >= 0.3 is 12.1 Å². The SMILES string of the molecule is O=C(Oc1cc2c(CN3CCC3)cccc2n1S(=O)(=O)c1cc(F)ccc1F)C(F)(F)F. The van der Waals surface area contributed by atoms with Crippen LogP contribution < -0.4 is 4.74 Å². The van der Waals surface area contributed by atoms with Crippen LogP contribution in [0.2, 0.25) is 0 Å². The number of alkyl halides is 3. The lowest BCUT2D eigenvalue weighted by atomic mass is 10.1.